The molecule has 0 aliphatic rings. The monoisotopic (exact) mass is 422 g/mol. The highest BCUT2D eigenvalue weighted by molar-refractivity contribution is 7.98. The lowest BCUT2D eigenvalue weighted by molar-refractivity contribution is 0.0954. The van der Waals surface area contributed by atoms with Crippen molar-refractivity contribution in [1.82, 2.24) is 29.9 Å². The quantitative estimate of drug-likeness (QED) is 0.463. The van der Waals surface area contributed by atoms with Crippen molar-refractivity contribution in [2.45, 2.75) is 11.6 Å². The van der Waals surface area contributed by atoms with Gasteiger partial charge in [-0.1, -0.05) is 23.9 Å². The van der Waals surface area contributed by atoms with Crippen LogP contribution in [0.4, 0.5) is 4.39 Å². The Morgan fingerprint density at radius 2 is 1.90 bits per heavy atom. The highest BCUT2D eigenvalue weighted by atomic mass is 32.2. The predicted molar refractivity (Wildman–Crippen MR) is 113 cm³/mol. The molecule has 0 unspecified atom stereocenters. The Balaban J connectivity index is 1.49. The number of para-hydroxylation sites is 1. The number of amides is 1. The summed E-state index contributed by atoms with van der Waals surface area (Å²) in [7, 11) is 0. The van der Waals surface area contributed by atoms with Gasteiger partial charge >= 0.3 is 0 Å². The highest BCUT2D eigenvalue weighted by Crippen LogP contribution is 2.20. The van der Waals surface area contributed by atoms with Gasteiger partial charge in [-0.15, -0.1) is 10.2 Å². The molecule has 7 nitrogen and oxygen atoms in total. The van der Waals surface area contributed by atoms with Crippen LogP contribution in [0, 0.1) is 5.82 Å². The van der Waals surface area contributed by atoms with E-state index in [0.717, 1.165) is 5.69 Å². The summed E-state index contributed by atoms with van der Waals surface area (Å²) in [5.41, 5.74) is 2.02. The molecule has 30 heavy (non-hydrogen) atoms. The van der Waals surface area contributed by atoms with Crippen LogP contribution in [0.15, 0.2) is 72.1 Å². The minimum atomic E-state index is -0.304. The summed E-state index contributed by atoms with van der Waals surface area (Å²) < 4.78 is 16.8. The van der Waals surface area contributed by atoms with Gasteiger partial charge in [-0.25, -0.2) is 9.07 Å². The van der Waals surface area contributed by atoms with E-state index in [9.17, 15) is 9.18 Å². The number of halogens is 1. The fraction of sp³-hybridized carbons (Fsp3) is 0.143. The largest absolute Gasteiger partial charge is 0.352 e. The van der Waals surface area contributed by atoms with Crippen molar-refractivity contribution in [2.24, 2.45) is 0 Å². The maximum absolute atomic E-state index is 13.3. The summed E-state index contributed by atoms with van der Waals surface area (Å²) in [5, 5.41) is 16.3. The molecule has 0 spiro atoms. The Hall–Kier alpha value is -3.46. The number of carbonyl (C=O) groups is 1. The Labute approximate surface area is 176 Å². The van der Waals surface area contributed by atoms with Gasteiger partial charge in [0.2, 0.25) is 0 Å². The number of benzene rings is 2. The first-order valence-corrected chi connectivity index (χ1v) is 10.5. The fourth-order valence-electron chi connectivity index (χ4n) is 3.10. The van der Waals surface area contributed by atoms with Crippen LogP contribution in [0.5, 0.6) is 0 Å². The molecule has 0 atom stereocenters. The van der Waals surface area contributed by atoms with E-state index in [1.54, 1.807) is 41.3 Å². The first kappa shape index (κ1) is 19.8. The van der Waals surface area contributed by atoms with Crippen molar-refractivity contribution >= 4 is 17.7 Å². The molecule has 0 fully saturated rings. The van der Waals surface area contributed by atoms with Crippen LogP contribution in [0.25, 0.3) is 11.4 Å². The van der Waals surface area contributed by atoms with Gasteiger partial charge < -0.3 is 5.32 Å². The molecule has 0 aliphatic heterocycles. The normalized spacial score (nSPS) is 10.9. The number of thioether (sulfide) groups is 1. The molecule has 0 radical (unpaired) electrons. The maximum Gasteiger partial charge on any atom is 0.253 e. The van der Waals surface area contributed by atoms with Gasteiger partial charge in [0.15, 0.2) is 5.16 Å². The van der Waals surface area contributed by atoms with Crippen LogP contribution < -0.4 is 5.32 Å². The summed E-state index contributed by atoms with van der Waals surface area (Å²) in [4.78, 5) is 12.8. The van der Waals surface area contributed by atoms with E-state index in [0.29, 0.717) is 35.2 Å². The molecule has 2 aromatic carbocycles. The molecule has 2 aromatic heterocycles. The Kier molecular flexibility index (Phi) is 5.89. The van der Waals surface area contributed by atoms with Crippen LogP contribution in [0.3, 0.4) is 0 Å². The minimum Gasteiger partial charge on any atom is -0.352 e. The first-order chi connectivity index (χ1) is 14.7. The number of nitrogens with zero attached hydrogens (tertiary/aromatic N) is 5. The van der Waals surface area contributed by atoms with E-state index in [-0.39, 0.29) is 11.7 Å². The summed E-state index contributed by atoms with van der Waals surface area (Å²) in [6.45, 7) is 0.375. The van der Waals surface area contributed by atoms with Crippen LogP contribution in [0.2, 0.25) is 0 Å². The number of carbonyl (C=O) groups excluding carboxylic acids is 1. The van der Waals surface area contributed by atoms with Crippen molar-refractivity contribution in [1.29, 1.82) is 0 Å². The minimum absolute atomic E-state index is 0.195. The van der Waals surface area contributed by atoms with E-state index in [4.69, 9.17) is 0 Å². The van der Waals surface area contributed by atoms with Gasteiger partial charge in [-0.05, 0) is 48.7 Å². The van der Waals surface area contributed by atoms with Gasteiger partial charge in [0.1, 0.15) is 11.6 Å². The number of nitrogens with one attached hydrogen (secondary N) is 1. The topological polar surface area (TPSA) is 77.6 Å². The third kappa shape index (κ3) is 4.11. The first-order valence-electron chi connectivity index (χ1n) is 9.29. The van der Waals surface area contributed by atoms with Crippen molar-refractivity contribution in [3.63, 3.8) is 0 Å². The predicted octanol–water partition coefficient (Wildman–Crippen LogP) is 3.29. The van der Waals surface area contributed by atoms with E-state index >= 15 is 0 Å². The van der Waals surface area contributed by atoms with Crippen LogP contribution in [-0.2, 0) is 6.42 Å². The third-order valence-electron chi connectivity index (χ3n) is 4.50. The summed E-state index contributed by atoms with van der Waals surface area (Å²) in [6.07, 6.45) is 5.84. The fourth-order valence-corrected chi connectivity index (χ4v) is 3.62. The van der Waals surface area contributed by atoms with E-state index in [2.05, 4.69) is 20.6 Å². The average Bonchev–Trinajstić information content (AvgIpc) is 3.44. The molecular weight excluding hydrogens is 403 g/mol. The summed E-state index contributed by atoms with van der Waals surface area (Å²) in [6, 6.07) is 15.3. The van der Waals surface area contributed by atoms with Crippen molar-refractivity contribution in [2.75, 3.05) is 12.8 Å². The molecule has 4 aromatic rings. The standard InChI is InChI=1S/C21H19FN6OS/c1-30-21-26-25-19(28(21)16-9-7-15(22)8-10-16)11-13-23-20(29)17-5-2-3-6-18(17)27-14-4-12-24-27/h2-10,12,14H,11,13H2,1H3,(H,23,29). The van der Waals surface area contributed by atoms with Gasteiger partial charge in [-0.2, -0.15) is 5.10 Å². The number of hydrogen-bond acceptors (Lipinski definition) is 5. The molecule has 2 heterocycles. The molecular formula is C21H19FN6OS. The van der Waals surface area contributed by atoms with Gasteiger partial charge in [0.05, 0.1) is 11.3 Å². The molecule has 0 saturated carbocycles. The van der Waals surface area contributed by atoms with Gasteiger partial charge in [0, 0.05) is 31.0 Å². The van der Waals surface area contributed by atoms with Crippen molar-refractivity contribution in [3.05, 3.63) is 84.2 Å². The molecule has 4 rings (SSSR count). The molecule has 0 aliphatic carbocycles. The van der Waals surface area contributed by atoms with E-state index < -0.39 is 0 Å². The molecule has 0 bridgehead atoms. The zero-order valence-electron chi connectivity index (χ0n) is 16.2. The molecule has 9 heteroatoms. The highest BCUT2D eigenvalue weighted by Gasteiger charge is 2.15. The SMILES string of the molecule is CSc1nnc(CCNC(=O)c2ccccc2-n2cccn2)n1-c1ccc(F)cc1. The third-order valence-corrected chi connectivity index (χ3v) is 5.13. The Morgan fingerprint density at radius 1 is 1.10 bits per heavy atom. The second kappa shape index (κ2) is 8.91. The second-order valence-corrected chi connectivity index (χ2v) is 7.16. The van der Waals surface area contributed by atoms with Gasteiger partial charge in [-0.3, -0.25) is 9.36 Å². The molecule has 1 N–H and O–H groups in total. The molecule has 1 amide bonds. The average molecular weight is 422 g/mol. The maximum atomic E-state index is 13.3. The number of aromatic nitrogens is 5. The Morgan fingerprint density at radius 3 is 2.63 bits per heavy atom. The second-order valence-electron chi connectivity index (χ2n) is 6.39. The molecule has 0 saturated heterocycles. The zero-order chi connectivity index (χ0) is 20.9. The van der Waals surface area contributed by atoms with E-state index in [1.807, 2.05) is 29.0 Å². The summed E-state index contributed by atoms with van der Waals surface area (Å²) >= 11 is 1.45. The lowest BCUT2D eigenvalue weighted by Crippen LogP contribution is -2.27. The lowest BCUT2D eigenvalue weighted by Gasteiger charge is -2.11. The number of hydrogen-bond donors (Lipinski definition) is 1. The van der Waals surface area contributed by atoms with Crippen molar-refractivity contribution in [3.8, 4) is 11.4 Å². The van der Waals surface area contributed by atoms with Gasteiger partial charge in [0.25, 0.3) is 5.91 Å². The lowest BCUT2D eigenvalue weighted by atomic mass is 10.1. The zero-order valence-corrected chi connectivity index (χ0v) is 17.0. The smallest absolute Gasteiger partial charge is 0.253 e. The summed E-state index contributed by atoms with van der Waals surface area (Å²) in [5.74, 6) is 0.188. The Bertz CT molecular complexity index is 1140. The van der Waals surface area contributed by atoms with Crippen LogP contribution in [0.1, 0.15) is 16.2 Å². The number of rotatable bonds is 7. The van der Waals surface area contributed by atoms with Crippen LogP contribution >= 0.6 is 11.8 Å². The van der Waals surface area contributed by atoms with Crippen molar-refractivity contribution < 1.29 is 9.18 Å². The van der Waals surface area contributed by atoms with Crippen LogP contribution in [-0.4, -0.2) is 43.3 Å². The van der Waals surface area contributed by atoms with E-state index in [1.165, 1.54) is 23.9 Å². The molecule has 152 valence electrons.